The van der Waals surface area contributed by atoms with E-state index in [-0.39, 0.29) is 11.3 Å². The lowest BCUT2D eigenvalue weighted by molar-refractivity contribution is 0.0762. The van der Waals surface area contributed by atoms with E-state index in [1.165, 1.54) is 4.88 Å². The van der Waals surface area contributed by atoms with Gasteiger partial charge in [0.15, 0.2) is 0 Å². The predicted octanol–water partition coefficient (Wildman–Crippen LogP) is 3.64. The molecule has 4 heteroatoms. The summed E-state index contributed by atoms with van der Waals surface area (Å²) in [5.74, 6) is 1.15. The van der Waals surface area contributed by atoms with E-state index < -0.39 is 0 Å². The van der Waals surface area contributed by atoms with Gasteiger partial charge in [-0.2, -0.15) is 0 Å². The number of carbonyl (C=O) groups is 1. The average molecular weight is 275 g/mol. The Morgan fingerprint density at radius 3 is 2.72 bits per heavy atom. The average Bonchev–Trinajstić information content (AvgIpc) is 3.09. The zero-order valence-electron chi connectivity index (χ0n) is 9.78. The molecule has 1 aliphatic rings. The van der Waals surface area contributed by atoms with Crippen molar-refractivity contribution in [1.82, 2.24) is 4.90 Å². The van der Waals surface area contributed by atoms with E-state index in [0.29, 0.717) is 0 Å². The van der Waals surface area contributed by atoms with Crippen molar-refractivity contribution in [2.45, 2.75) is 5.37 Å². The van der Waals surface area contributed by atoms with E-state index in [0.717, 1.165) is 17.9 Å². The van der Waals surface area contributed by atoms with E-state index in [2.05, 4.69) is 11.4 Å². The summed E-state index contributed by atoms with van der Waals surface area (Å²) in [6.45, 7) is 0.834. The van der Waals surface area contributed by atoms with Crippen LogP contribution in [0.4, 0.5) is 0 Å². The van der Waals surface area contributed by atoms with Crippen LogP contribution in [-0.4, -0.2) is 23.1 Å². The molecule has 0 bridgehead atoms. The topological polar surface area (TPSA) is 20.3 Å². The SMILES string of the molecule is O=C(c1ccccc1)N1CCS[C@H]1c1cccs1. The summed E-state index contributed by atoms with van der Waals surface area (Å²) in [6, 6.07) is 13.7. The molecule has 1 atom stereocenters. The van der Waals surface area contributed by atoms with Gasteiger partial charge >= 0.3 is 0 Å². The highest BCUT2D eigenvalue weighted by atomic mass is 32.2. The van der Waals surface area contributed by atoms with Crippen LogP contribution < -0.4 is 0 Å². The van der Waals surface area contributed by atoms with Crippen LogP contribution in [0.15, 0.2) is 47.8 Å². The fraction of sp³-hybridized carbons (Fsp3) is 0.214. The molecule has 3 rings (SSSR count). The zero-order valence-corrected chi connectivity index (χ0v) is 11.4. The third-order valence-electron chi connectivity index (χ3n) is 2.96. The molecule has 2 heterocycles. The maximum Gasteiger partial charge on any atom is 0.255 e. The van der Waals surface area contributed by atoms with Crippen molar-refractivity contribution in [3.05, 3.63) is 58.3 Å². The van der Waals surface area contributed by atoms with Crippen LogP contribution in [0.2, 0.25) is 0 Å². The number of thiophene rings is 1. The molecular formula is C14H13NOS2. The largest absolute Gasteiger partial charge is 0.321 e. The lowest BCUT2D eigenvalue weighted by Gasteiger charge is -2.22. The standard InChI is InChI=1S/C14H13NOS2/c16-13(11-5-2-1-3-6-11)15-8-10-18-14(15)12-7-4-9-17-12/h1-7,9,14H,8,10H2/t14-/m0/s1. The van der Waals surface area contributed by atoms with Crippen molar-refractivity contribution in [1.29, 1.82) is 0 Å². The summed E-state index contributed by atoms with van der Waals surface area (Å²) in [7, 11) is 0. The molecule has 0 unspecified atom stereocenters. The highest BCUT2D eigenvalue weighted by molar-refractivity contribution is 7.99. The van der Waals surface area contributed by atoms with Gasteiger partial charge in [0, 0.05) is 22.7 Å². The Morgan fingerprint density at radius 1 is 1.17 bits per heavy atom. The van der Waals surface area contributed by atoms with Gasteiger partial charge < -0.3 is 4.90 Å². The minimum absolute atomic E-state index is 0.138. The fourth-order valence-electron chi connectivity index (χ4n) is 2.09. The molecule has 1 fully saturated rings. The Labute approximate surface area is 115 Å². The highest BCUT2D eigenvalue weighted by Crippen LogP contribution is 2.40. The van der Waals surface area contributed by atoms with Crippen LogP contribution in [0, 0.1) is 0 Å². The number of amides is 1. The first-order valence-corrected chi connectivity index (χ1v) is 7.80. The Bertz CT molecular complexity index is 524. The lowest BCUT2D eigenvalue weighted by atomic mass is 10.2. The van der Waals surface area contributed by atoms with Crippen molar-refractivity contribution in [2.75, 3.05) is 12.3 Å². The molecule has 92 valence electrons. The molecule has 0 N–H and O–H groups in total. The van der Waals surface area contributed by atoms with E-state index >= 15 is 0 Å². The molecule has 0 saturated carbocycles. The zero-order chi connectivity index (χ0) is 12.4. The molecule has 18 heavy (non-hydrogen) atoms. The predicted molar refractivity (Wildman–Crippen MR) is 77.0 cm³/mol. The van der Waals surface area contributed by atoms with Crippen molar-refractivity contribution in [2.24, 2.45) is 0 Å². The number of thioether (sulfide) groups is 1. The summed E-state index contributed by atoms with van der Waals surface area (Å²) in [5, 5.41) is 2.26. The Kier molecular flexibility index (Phi) is 3.39. The van der Waals surface area contributed by atoms with Gasteiger partial charge in [-0.15, -0.1) is 23.1 Å². The summed E-state index contributed by atoms with van der Waals surface area (Å²) < 4.78 is 0. The Balaban J connectivity index is 1.85. The summed E-state index contributed by atoms with van der Waals surface area (Å²) in [5.41, 5.74) is 0.779. The van der Waals surface area contributed by atoms with Gasteiger partial charge in [0.1, 0.15) is 5.37 Å². The molecule has 0 spiro atoms. The fourth-order valence-corrected chi connectivity index (χ4v) is 4.33. The van der Waals surface area contributed by atoms with Crippen molar-refractivity contribution >= 4 is 29.0 Å². The molecule has 1 saturated heterocycles. The van der Waals surface area contributed by atoms with Crippen molar-refractivity contribution in [3.8, 4) is 0 Å². The summed E-state index contributed by atoms with van der Waals surface area (Å²) >= 11 is 3.57. The van der Waals surface area contributed by atoms with Gasteiger partial charge in [-0.1, -0.05) is 24.3 Å². The molecule has 2 aromatic rings. The minimum Gasteiger partial charge on any atom is -0.321 e. The molecule has 2 nitrogen and oxygen atoms in total. The number of benzene rings is 1. The van der Waals surface area contributed by atoms with Gasteiger partial charge in [0.05, 0.1) is 0 Å². The number of hydrogen-bond acceptors (Lipinski definition) is 3. The van der Waals surface area contributed by atoms with Gasteiger partial charge in [-0.05, 0) is 23.6 Å². The number of rotatable bonds is 2. The first kappa shape index (κ1) is 11.8. The third-order valence-corrected chi connectivity index (χ3v) is 5.28. The molecule has 0 aliphatic carbocycles. The smallest absolute Gasteiger partial charge is 0.255 e. The quantitative estimate of drug-likeness (QED) is 0.834. The number of hydrogen-bond donors (Lipinski definition) is 0. The van der Waals surface area contributed by atoms with E-state index in [1.54, 1.807) is 11.3 Å². The van der Waals surface area contributed by atoms with Gasteiger partial charge in [-0.3, -0.25) is 4.79 Å². The molecule has 1 aliphatic heterocycles. The molecule has 1 aromatic heterocycles. The highest BCUT2D eigenvalue weighted by Gasteiger charge is 2.31. The monoisotopic (exact) mass is 275 g/mol. The van der Waals surface area contributed by atoms with Gasteiger partial charge in [-0.25, -0.2) is 0 Å². The van der Waals surface area contributed by atoms with Crippen LogP contribution in [-0.2, 0) is 0 Å². The second kappa shape index (κ2) is 5.16. The van der Waals surface area contributed by atoms with Crippen LogP contribution in [0.5, 0.6) is 0 Å². The second-order valence-electron chi connectivity index (χ2n) is 4.10. The first-order valence-electron chi connectivity index (χ1n) is 5.87. The molecule has 0 radical (unpaired) electrons. The Morgan fingerprint density at radius 2 is 2.00 bits per heavy atom. The summed E-state index contributed by atoms with van der Waals surface area (Å²) in [4.78, 5) is 15.7. The lowest BCUT2D eigenvalue weighted by Crippen LogP contribution is -2.29. The Hall–Kier alpha value is -1.26. The van der Waals surface area contributed by atoms with Crippen molar-refractivity contribution < 1.29 is 4.79 Å². The van der Waals surface area contributed by atoms with Crippen molar-refractivity contribution in [3.63, 3.8) is 0 Å². The summed E-state index contributed by atoms with van der Waals surface area (Å²) in [6.07, 6.45) is 0. The minimum atomic E-state index is 0.138. The van der Waals surface area contributed by atoms with Gasteiger partial charge in [0.2, 0.25) is 0 Å². The molecule has 1 amide bonds. The normalized spacial score (nSPS) is 19.1. The van der Waals surface area contributed by atoms with E-state index in [1.807, 2.05) is 53.1 Å². The number of nitrogens with zero attached hydrogens (tertiary/aromatic N) is 1. The van der Waals surface area contributed by atoms with Crippen LogP contribution in [0.3, 0.4) is 0 Å². The van der Waals surface area contributed by atoms with Crippen LogP contribution >= 0.6 is 23.1 Å². The van der Waals surface area contributed by atoms with Gasteiger partial charge in [0.25, 0.3) is 5.91 Å². The van der Waals surface area contributed by atoms with Crippen LogP contribution in [0.25, 0.3) is 0 Å². The molecule has 1 aromatic carbocycles. The first-order chi connectivity index (χ1) is 8.86. The second-order valence-corrected chi connectivity index (χ2v) is 6.27. The number of carbonyl (C=O) groups excluding carboxylic acids is 1. The molecular weight excluding hydrogens is 262 g/mol. The van der Waals surface area contributed by atoms with E-state index in [4.69, 9.17) is 0 Å². The maximum atomic E-state index is 12.5. The van der Waals surface area contributed by atoms with Crippen LogP contribution in [0.1, 0.15) is 20.6 Å². The maximum absolute atomic E-state index is 12.5. The van der Waals surface area contributed by atoms with E-state index in [9.17, 15) is 4.79 Å². The third kappa shape index (κ3) is 2.18.